The molecule has 7 unspecified atom stereocenters. The van der Waals surface area contributed by atoms with E-state index in [9.17, 15) is 30.3 Å². The van der Waals surface area contributed by atoms with E-state index in [2.05, 4.69) is 141 Å². The zero-order valence-electron chi connectivity index (χ0n) is 55.0. The Kier molecular flexibility index (Phi) is 60.1. The summed E-state index contributed by atoms with van der Waals surface area (Å²) in [5.41, 5.74) is 0. The lowest BCUT2D eigenvalue weighted by atomic mass is 9.99. The second-order valence-corrected chi connectivity index (χ2v) is 23.9. The Labute approximate surface area is 528 Å². The number of aliphatic hydroxyl groups is 5. The van der Waals surface area contributed by atoms with Crippen LogP contribution in [0.15, 0.2) is 134 Å². The van der Waals surface area contributed by atoms with Crippen LogP contribution in [0.1, 0.15) is 290 Å². The summed E-state index contributed by atoms with van der Waals surface area (Å²) in [6, 6.07) is -0.842. The van der Waals surface area contributed by atoms with Crippen LogP contribution in [0.2, 0.25) is 0 Å². The van der Waals surface area contributed by atoms with Crippen LogP contribution in [0.5, 0.6) is 0 Å². The molecule has 9 heteroatoms. The number of rotatable bonds is 60. The predicted molar refractivity (Wildman–Crippen MR) is 368 cm³/mol. The summed E-state index contributed by atoms with van der Waals surface area (Å²) in [5.74, 6) is -0.199. The Morgan fingerprint density at radius 1 is 0.407 bits per heavy atom. The molecule has 0 radical (unpaired) electrons. The van der Waals surface area contributed by atoms with Gasteiger partial charge in [-0.15, -0.1) is 0 Å². The summed E-state index contributed by atoms with van der Waals surface area (Å²) in [5, 5.41) is 54.7. The summed E-state index contributed by atoms with van der Waals surface area (Å²) < 4.78 is 11.3. The van der Waals surface area contributed by atoms with E-state index in [1.807, 2.05) is 6.08 Å². The Hall–Kier alpha value is -3.67. The van der Waals surface area contributed by atoms with Gasteiger partial charge in [-0.1, -0.05) is 308 Å². The van der Waals surface area contributed by atoms with Crippen LogP contribution in [0.25, 0.3) is 0 Å². The van der Waals surface area contributed by atoms with Crippen molar-refractivity contribution >= 4 is 5.91 Å². The SMILES string of the molecule is CC/C=C\C/C=C\C/C=C\C/C=C\C/C=C\C/C=C\C/C=C\C/C=C\CCCCCCCCCCCCC(=O)NC(COC1OC(CO)C(O)C(O)C1O)C(O)/C=C/CC/C=C/CC/C=C/CCCCCCCCCCCCCCCCCCCC. The van der Waals surface area contributed by atoms with Gasteiger partial charge in [0.2, 0.25) is 5.91 Å². The van der Waals surface area contributed by atoms with Crippen molar-refractivity contribution in [2.24, 2.45) is 0 Å². The quantitative estimate of drug-likeness (QED) is 0.0261. The molecule has 1 aliphatic heterocycles. The summed E-state index contributed by atoms with van der Waals surface area (Å²) in [6.45, 7) is 3.66. The molecule has 1 saturated heterocycles. The van der Waals surface area contributed by atoms with Gasteiger partial charge in [0, 0.05) is 6.42 Å². The van der Waals surface area contributed by atoms with Crippen LogP contribution in [0.3, 0.4) is 0 Å². The first-order valence-electron chi connectivity index (χ1n) is 35.4. The maximum Gasteiger partial charge on any atom is 0.220 e. The summed E-state index contributed by atoms with van der Waals surface area (Å²) in [4.78, 5) is 13.1. The van der Waals surface area contributed by atoms with Crippen molar-refractivity contribution in [2.75, 3.05) is 13.2 Å². The van der Waals surface area contributed by atoms with E-state index in [1.54, 1.807) is 6.08 Å². The number of allylic oxidation sites excluding steroid dienone is 21. The smallest absolute Gasteiger partial charge is 0.220 e. The number of amides is 1. The van der Waals surface area contributed by atoms with Gasteiger partial charge in [0.1, 0.15) is 24.4 Å². The van der Waals surface area contributed by atoms with E-state index in [1.165, 1.54) is 161 Å². The molecule has 0 bridgehead atoms. The summed E-state index contributed by atoms with van der Waals surface area (Å²) >= 11 is 0. The highest BCUT2D eigenvalue weighted by molar-refractivity contribution is 5.76. The number of hydrogen-bond donors (Lipinski definition) is 6. The van der Waals surface area contributed by atoms with Crippen molar-refractivity contribution in [3.8, 4) is 0 Å². The normalized spacial score (nSPS) is 18.9. The van der Waals surface area contributed by atoms with Gasteiger partial charge in [0.05, 0.1) is 25.4 Å². The summed E-state index contributed by atoms with van der Waals surface area (Å²) in [6.07, 6.45) is 91.2. The van der Waals surface area contributed by atoms with Crippen LogP contribution in [0, 0.1) is 0 Å². The van der Waals surface area contributed by atoms with Crippen molar-refractivity contribution in [1.82, 2.24) is 5.32 Å². The molecule has 9 nitrogen and oxygen atoms in total. The minimum Gasteiger partial charge on any atom is -0.394 e. The van der Waals surface area contributed by atoms with Crippen LogP contribution in [0.4, 0.5) is 0 Å². The molecule has 0 saturated carbocycles. The first-order valence-corrected chi connectivity index (χ1v) is 35.4. The number of hydrogen-bond acceptors (Lipinski definition) is 8. The molecule has 0 aromatic heterocycles. The number of carbonyl (C=O) groups is 1. The predicted octanol–water partition coefficient (Wildman–Crippen LogP) is 19.6. The monoisotopic (exact) mass is 1200 g/mol. The molecule has 6 N–H and O–H groups in total. The maximum atomic E-state index is 13.1. The van der Waals surface area contributed by atoms with Crippen molar-refractivity contribution in [2.45, 2.75) is 333 Å². The third kappa shape index (κ3) is 52.3. The average molecular weight is 1200 g/mol. The number of unbranched alkanes of at least 4 members (excludes halogenated alkanes) is 30. The Morgan fingerprint density at radius 2 is 0.733 bits per heavy atom. The Balaban J connectivity index is 2.19. The maximum absolute atomic E-state index is 13.1. The first kappa shape index (κ1) is 80.3. The standard InChI is InChI=1S/C77H131NO8/c1-3-5-7-9-11-13-15-17-19-21-23-25-27-29-31-33-34-35-36-37-38-39-41-43-45-47-49-51-53-55-57-59-61-63-65-67-73(81)78-70(69-85-77-76(84)75(83)74(82)72(68-79)86-77)71(80)66-64-62-60-58-56-54-52-50-48-46-44-42-40-32-30-28-26-24-22-20-18-16-14-12-10-8-6-4-2/h5,7,11,13,17,19,23,25,29,31,34-35,37-38,41,43,48,50,56,58,64,66,70-72,74-77,79-80,82-84H,3-4,6,8-10,12,14-16,18,20-22,24,26-28,30,32-33,36,39-40,42,44-47,49,51-55,57,59-63,65,67-69H2,1-2H3,(H,78,81)/b7-5-,13-11-,19-17-,25-23-,31-29-,35-34-,38-37-,43-41-,50-48+,58-56+,66-64+. The molecule has 1 heterocycles. The van der Waals surface area contributed by atoms with E-state index in [0.717, 1.165) is 109 Å². The lowest BCUT2D eigenvalue weighted by Gasteiger charge is -2.40. The second kappa shape index (κ2) is 64.3. The zero-order valence-corrected chi connectivity index (χ0v) is 55.0. The van der Waals surface area contributed by atoms with Crippen molar-refractivity contribution in [3.63, 3.8) is 0 Å². The highest BCUT2D eigenvalue weighted by Crippen LogP contribution is 2.23. The number of aliphatic hydroxyl groups excluding tert-OH is 5. The molecule has 1 rings (SSSR count). The van der Waals surface area contributed by atoms with Gasteiger partial charge in [-0.05, 0) is 109 Å². The average Bonchev–Trinajstić information content (AvgIpc) is 3.65. The van der Waals surface area contributed by atoms with E-state index in [0.29, 0.717) is 6.42 Å². The molecule has 1 fully saturated rings. The van der Waals surface area contributed by atoms with Crippen LogP contribution in [-0.2, 0) is 14.3 Å². The van der Waals surface area contributed by atoms with E-state index < -0.39 is 49.5 Å². The minimum absolute atomic E-state index is 0.199. The third-order valence-corrected chi connectivity index (χ3v) is 15.9. The Bertz CT molecular complexity index is 1820. The fraction of sp³-hybridized carbons (Fsp3) is 0.701. The molecule has 0 spiro atoms. The van der Waals surface area contributed by atoms with Gasteiger partial charge in [-0.2, -0.15) is 0 Å². The van der Waals surface area contributed by atoms with E-state index in [4.69, 9.17) is 9.47 Å². The number of nitrogens with one attached hydrogen (secondary N) is 1. The largest absolute Gasteiger partial charge is 0.394 e. The van der Waals surface area contributed by atoms with Crippen molar-refractivity contribution in [3.05, 3.63) is 134 Å². The van der Waals surface area contributed by atoms with Gasteiger partial charge in [-0.3, -0.25) is 4.79 Å². The van der Waals surface area contributed by atoms with Crippen molar-refractivity contribution in [1.29, 1.82) is 0 Å². The molecule has 86 heavy (non-hydrogen) atoms. The highest BCUT2D eigenvalue weighted by Gasteiger charge is 2.44. The fourth-order valence-corrected chi connectivity index (χ4v) is 10.4. The molecule has 1 amide bonds. The topological polar surface area (TPSA) is 149 Å². The summed E-state index contributed by atoms with van der Waals surface area (Å²) in [7, 11) is 0. The molecular weight excluding hydrogens is 1070 g/mol. The van der Waals surface area contributed by atoms with Gasteiger partial charge >= 0.3 is 0 Å². The molecule has 7 atom stereocenters. The van der Waals surface area contributed by atoms with Crippen LogP contribution in [-0.4, -0.2) is 87.5 Å². The van der Waals surface area contributed by atoms with Gasteiger partial charge in [0.25, 0.3) is 0 Å². The molecule has 0 aliphatic carbocycles. The fourth-order valence-electron chi connectivity index (χ4n) is 10.4. The minimum atomic E-state index is -1.58. The van der Waals surface area contributed by atoms with Crippen LogP contribution >= 0.6 is 0 Å². The van der Waals surface area contributed by atoms with Gasteiger partial charge in [-0.25, -0.2) is 0 Å². The van der Waals surface area contributed by atoms with Crippen molar-refractivity contribution < 1.29 is 39.8 Å². The van der Waals surface area contributed by atoms with Crippen LogP contribution < -0.4 is 5.32 Å². The zero-order chi connectivity index (χ0) is 62.1. The lowest BCUT2D eigenvalue weighted by molar-refractivity contribution is -0.302. The molecule has 0 aromatic rings. The number of ether oxygens (including phenoxy) is 2. The molecule has 0 aromatic carbocycles. The first-order chi connectivity index (χ1) is 42.3. The molecule has 492 valence electrons. The van der Waals surface area contributed by atoms with E-state index in [-0.39, 0.29) is 12.5 Å². The molecule has 1 aliphatic rings. The lowest BCUT2D eigenvalue weighted by Crippen LogP contribution is -2.60. The highest BCUT2D eigenvalue weighted by atomic mass is 16.7. The van der Waals surface area contributed by atoms with Gasteiger partial charge < -0.3 is 40.3 Å². The van der Waals surface area contributed by atoms with E-state index >= 15 is 0 Å². The number of carbonyl (C=O) groups excluding carboxylic acids is 1. The Morgan fingerprint density at radius 3 is 1.12 bits per heavy atom. The second-order valence-electron chi connectivity index (χ2n) is 23.9. The van der Waals surface area contributed by atoms with Gasteiger partial charge in [0.15, 0.2) is 6.29 Å². The molecular formula is C77H131NO8. The third-order valence-electron chi connectivity index (χ3n) is 15.9.